The van der Waals surface area contributed by atoms with Gasteiger partial charge in [-0.05, 0) is 50.7 Å². The Morgan fingerprint density at radius 2 is 1.58 bits per heavy atom. The van der Waals surface area contributed by atoms with Gasteiger partial charge in [0.25, 0.3) is 0 Å². The average Bonchev–Trinajstić information content (AvgIpc) is 2.63. The lowest BCUT2D eigenvalue weighted by molar-refractivity contribution is -0.969. The molecule has 134 valence electrons. The van der Waals surface area contributed by atoms with Crippen molar-refractivity contribution in [1.82, 2.24) is 5.32 Å². The van der Waals surface area contributed by atoms with Crippen LogP contribution in [0.25, 0.3) is 0 Å². The van der Waals surface area contributed by atoms with Crippen LogP contribution in [0, 0.1) is 0 Å². The van der Waals surface area contributed by atoms with E-state index >= 15 is 0 Å². The molecular formula is C22H37N2+. The lowest BCUT2D eigenvalue weighted by atomic mass is 9.83. The number of quaternary nitrogens is 1. The smallest absolute Gasteiger partial charge is 0.0917 e. The van der Waals surface area contributed by atoms with Gasteiger partial charge >= 0.3 is 0 Å². The molecule has 1 unspecified atom stereocenters. The van der Waals surface area contributed by atoms with Gasteiger partial charge in [0.05, 0.1) is 25.2 Å². The molecule has 0 spiro atoms. The molecule has 2 heteroatoms. The van der Waals surface area contributed by atoms with Crippen LogP contribution in [-0.2, 0) is 6.42 Å². The van der Waals surface area contributed by atoms with Crippen LogP contribution >= 0.6 is 0 Å². The van der Waals surface area contributed by atoms with Gasteiger partial charge in [-0.3, -0.25) is 0 Å². The fourth-order valence-electron chi connectivity index (χ4n) is 5.16. The van der Waals surface area contributed by atoms with Crippen LogP contribution in [0.5, 0.6) is 0 Å². The lowest BCUT2D eigenvalue weighted by Gasteiger charge is -2.49. The summed E-state index contributed by atoms with van der Waals surface area (Å²) in [7, 11) is 0. The molecule has 2 aliphatic rings. The Labute approximate surface area is 149 Å². The number of nitrogens with zero attached hydrogens (tertiary/aromatic N) is 1. The molecule has 1 N–H and O–H groups in total. The summed E-state index contributed by atoms with van der Waals surface area (Å²) in [5.74, 6) is 0.826. The summed E-state index contributed by atoms with van der Waals surface area (Å²) in [4.78, 5) is 0. The molecule has 0 bridgehead atoms. The predicted octanol–water partition coefficient (Wildman–Crippen LogP) is 4.49. The normalized spacial score (nSPS) is 23.3. The molecule has 3 rings (SSSR count). The second-order valence-electron chi connectivity index (χ2n) is 8.52. The first-order valence-corrected chi connectivity index (χ1v) is 10.3. The van der Waals surface area contributed by atoms with Crippen LogP contribution in [0.4, 0.5) is 0 Å². The van der Waals surface area contributed by atoms with Crippen molar-refractivity contribution in [2.45, 2.75) is 77.3 Å². The molecule has 1 aromatic rings. The molecule has 1 saturated heterocycles. The summed E-state index contributed by atoms with van der Waals surface area (Å²) in [5.41, 5.74) is 3.11. The molecule has 24 heavy (non-hydrogen) atoms. The highest BCUT2D eigenvalue weighted by molar-refractivity contribution is 5.26. The third-order valence-corrected chi connectivity index (χ3v) is 6.90. The third kappa shape index (κ3) is 3.86. The van der Waals surface area contributed by atoms with Crippen molar-refractivity contribution in [3.8, 4) is 0 Å². The third-order valence-electron chi connectivity index (χ3n) is 6.90. The van der Waals surface area contributed by atoms with Gasteiger partial charge in [-0.1, -0.05) is 43.5 Å². The maximum atomic E-state index is 3.54. The van der Waals surface area contributed by atoms with E-state index in [1.54, 1.807) is 5.56 Å². The second kappa shape index (κ2) is 8.01. The van der Waals surface area contributed by atoms with Crippen molar-refractivity contribution in [2.75, 3.05) is 26.2 Å². The van der Waals surface area contributed by atoms with E-state index in [2.05, 4.69) is 50.4 Å². The Morgan fingerprint density at radius 1 is 0.958 bits per heavy atom. The number of hydrogen-bond donors (Lipinski definition) is 1. The molecule has 1 aliphatic carbocycles. The Balaban J connectivity index is 1.66. The fourth-order valence-corrected chi connectivity index (χ4v) is 5.16. The summed E-state index contributed by atoms with van der Waals surface area (Å²) in [6.45, 7) is 12.2. The predicted molar refractivity (Wildman–Crippen MR) is 103 cm³/mol. The van der Waals surface area contributed by atoms with Crippen LogP contribution < -0.4 is 5.32 Å². The number of rotatable bonds is 5. The van der Waals surface area contributed by atoms with E-state index < -0.39 is 0 Å². The van der Waals surface area contributed by atoms with Gasteiger partial charge in [-0.2, -0.15) is 0 Å². The minimum atomic E-state index is 0.702. The van der Waals surface area contributed by atoms with Gasteiger partial charge in [-0.25, -0.2) is 0 Å². The molecule has 1 saturated carbocycles. The van der Waals surface area contributed by atoms with Crippen molar-refractivity contribution in [2.24, 2.45) is 0 Å². The van der Waals surface area contributed by atoms with Gasteiger partial charge in [0.2, 0.25) is 0 Å². The fraction of sp³-hybridized carbons (Fsp3) is 0.727. The molecule has 1 atom stereocenters. The van der Waals surface area contributed by atoms with E-state index in [1.165, 1.54) is 74.8 Å². The molecule has 0 amide bonds. The molecule has 1 aromatic carbocycles. The van der Waals surface area contributed by atoms with Gasteiger partial charge < -0.3 is 9.80 Å². The van der Waals surface area contributed by atoms with Gasteiger partial charge in [-0.15, -0.1) is 0 Å². The maximum Gasteiger partial charge on any atom is 0.0917 e. The number of hydrogen-bond acceptors (Lipinski definition) is 1. The van der Waals surface area contributed by atoms with Gasteiger partial charge in [0, 0.05) is 19.5 Å². The van der Waals surface area contributed by atoms with Gasteiger partial charge in [0.1, 0.15) is 0 Å². The Morgan fingerprint density at radius 3 is 2.17 bits per heavy atom. The summed E-state index contributed by atoms with van der Waals surface area (Å²) in [6.07, 6.45) is 8.29. The topological polar surface area (TPSA) is 12.0 Å². The van der Waals surface area contributed by atoms with Crippen LogP contribution in [-0.4, -0.2) is 42.7 Å². The molecule has 2 fully saturated rings. The van der Waals surface area contributed by atoms with Crippen molar-refractivity contribution >= 4 is 0 Å². The standard InChI is InChI=1S/C22H37N2/c1-18(2)24(15-13-23-14-16-24)19(3)17-20-9-11-22(12-10-20)21-7-5-4-6-8-21/h9-12,18-19,21,23H,4-8,13-17H2,1-3H3/q+1. The molecule has 1 heterocycles. The monoisotopic (exact) mass is 329 g/mol. The SMILES string of the molecule is CC(C)[N+]1(C(C)Cc2ccc(C3CCCCC3)cc2)CCNCC1. The summed E-state index contributed by atoms with van der Waals surface area (Å²) in [5, 5.41) is 3.54. The quantitative estimate of drug-likeness (QED) is 0.785. The molecule has 1 aliphatic heterocycles. The highest BCUT2D eigenvalue weighted by Crippen LogP contribution is 2.33. The van der Waals surface area contributed by atoms with Crippen molar-refractivity contribution in [3.63, 3.8) is 0 Å². The number of nitrogens with one attached hydrogen (secondary N) is 1. The van der Waals surface area contributed by atoms with Crippen molar-refractivity contribution in [1.29, 1.82) is 0 Å². The highest BCUT2D eigenvalue weighted by Gasteiger charge is 2.38. The van der Waals surface area contributed by atoms with Crippen molar-refractivity contribution in [3.05, 3.63) is 35.4 Å². The van der Waals surface area contributed by atoms with E-state index in [9.17, 15) is 0 Å². The highest BCUT2D eigenvalue weighted by atomic mass is 15.4. The van der Waals surface area contributed by atoms with E-state index in [0.29, 0.717) is 12.1 Å². The summed E-state index contributed by atoms with van der Waals surface area (Å²) >= 11 is 0. The first-order chi connectivity index (χ1) is 11.6. The zero-order valence-electron chi connectivity index (χ0n) is 16.1. The van der Waals surface area contributed by atoms with Crippen LogP contribution in [0.3, 0.4) is 0 Å². The van der Waals surface area contributed by atoms with Crippen LogP contribution in [0.1, 0.15) is 69.9 Å². The molecular weight excluding hydrogens is 292 g/mol. The largest absolute Gasteiger partial charge is 0.317 e. The lowest BCUT2D eigenvalue weighted by Crippen LogP contribution is -2.66. The minimum absolute atomic E-state index is 0.702. The number of piperazine rings is 1. The Bertz CT molecular complexity index is 493. The van der Waals surface area contributed by atoms with Crippen LogP contribution in [0.2, 0.25) is 0 Å². The summed E-state index contributed by atoms with van der Waals surface area (Å²) < 4.78 is 1.28. The number of benzene rings is 1. The second-order valence-corrected chi connectivity index (χ2v) is 8.52. The Kier molecular flexibility index (Phi) is 5.99. The first-order valence-electron chi connectivity index (χ1n) is 10.3. The zero-order chi connectivity index (χ0) is 17.0. The van der Waals surface area contributed by atoms with Crippen molar-refractivity contribution < 1.29 is 4.48 Å². The first kappa shape index (κ1) is 17.9. The van der Waals surface area contributed by atoms with E-state index in [0.717, 1.165) is 5.92 Å². The van der Waals surface area contributed by atoms with E-state index in [-0.39, 0.29) is 0 Å². The molecule has 0 aromatic heterocycles. The molecule has 2 nitrogen and oxygen atoms in total. The Hall–Kier alpha value is -0.860. The minimum Gasteiger partial charge on any atom is -0.317 e. The maximum absolute atomic E-state index is 3.54. The van der Waals surface area contributed by atoms with E-state index in [4.69, 9.17) is 0 Å². The zero-order valence-corrected chi connectivity index (χ0v) is 16.1. The summed E-state index contributed by atoms with van der Waals surface area (Å²) in [6, 6.07) is 11.1. The van der Waals surface area contributed by atoms with E-state index in [1.807, 2.05) is 0 Å². The van der Waals surface area contributed by atoms with Gasteiger partial charge in [0.15, 0.2) is 0 Å². The van der Waals surface area contributed by atoms with Crippen LogP contribution in [0.15, 0.2) is 24.3 Å². The molecule has 0 radical (unpaired) electrons. The average molecular weight is 330 g/mol.